The zero-order valence-corrected chi connectivity index (χ0v) is 13.1. The molecule has 1 aromatic rings. The summed E-state index contributed by atoms with van der Waals surface area (Å²) < 4.78 is 0. The van der Waals surface area contributed by atoms with Gasteiger partial charge in [-0.2, -0.15) is 0 Å². The molecule has 1 heterocycles. The lowest BCUT2D eigenvalue weighted by atomic mass is 9.90. The number of hydrogen-bond donors (Lipinski definition) is 1. The van der Waals surface area contributed by atoms with Crippen LogP contribution in [-0.2, 0) is 6.42 Å². The van der Waals surface area contributed by atoms with Crippen LogP contribution < -0.4 is 5.32 Å². The second-order valence-corrected chi connectivity index (χ2v) is 6.91. The standard InChI is InChI=1S/C18H28N2/c1-4-19-18-16-8-6-5-7-15(16)10-17(18)20-11-13(2)9-14(3)12-20/h5-8,13-14,17-19H,4,9-12H2,1-3H3. The van der Waals surface area contributed by atoms with Gasteiger partial charge in [0.2, 0.25) is 0 Å². The lowest BCUT2D eigenvalue weighted by molar-refractivity contribution is 0.0812. The monoisotopic (exact) mass is 272 g/mol. The van der Waals surface area contributed by atoms with Crippen molar-refractivity contribution in [1.29, 1.82) is 0 Å². The highest BCUT2D eigenvalue weighted by molar-refractivity contribution is 5.37. The number of hydrogen-bond acceptors (Lipinski definition) is 2. The topological polar surface area (TPSA) is 15.3 Å². The minimum Gasteiger partial charge on any atom is -0.309 e. The van der Waals surface area contributed by atoms with Crippen LogP contribution in [0.1, 0.15) is 44.4 Å². The lowest BCUT2D eigenvalue weighted by Gasteiger charge is -2.41. The van der Waals surface area contributed by atoms with Crippen LogP contribution in [0.15, 0.2) is 24.3 Å². The molecule has 2 heteroatoms. The van der Waals surface area contributed by atoms with Gasteiger partial charge in [-0.3, -0.25) is 4.90 Å². The molecule has 1 N–H and O–H groups in total. The van der Waals surface area contributed by atoms with Crippen molar-refractivity contribution in [2.45, 2.75) is 45.7 Å². The molecule has 0 radical (unpaired) electrons. The molecule has 4 atom stereocenters. The van der Waals surface area contributed by atoms with Gasteiger partial charge in [-0.1, -0.05) is 45.0 Å². The molecule has 2 aliphatic rings. The summed E-state index contributed by atoms with van der Waals surface area (Å²) in [6.45, 7) is 10.6. The molecule has 110 valence electrons. The first-order valence-corrected chi connectivity index (χ1v) is 8.24. The molecule has 0 bridgehead atoms. The highest BCUT2D eigenvalue weighted by Gasteiger charge is 2.37. The summed E-state index contributed by atoms with van der Waals surface area (Å²) in [5, 5.41) is 3.74. The van der Waals surface area contributed by atoms with Crippen LogP contribution in [0.5, 0.6) is 0 Å². The van der Waals surface area contributed by atoms with E-state index in [0.29, 0.717) is 12.1 Å². The average molecular weight is 272 g/mol. The molecular formula is C18H28N2. The summed E-state index contributed by atoms with van der Waals surface area (Å²) in [4.78, 5) is 2.76. The van der Waals surface area contributed by atoms with Gasteiger partial charge in [-0.15, -0.1) is 0 Å². The minimum absolute atomic E-state index is 0.522. The van der Waals surface area contributed by atoms with E-state index in [4.69, 9.17) is 0 Å². The maximum Gasteiger partial charge on any atom is 0.0484 e. The number of likely N-dealkylation sites (N-methyl/N-ethyl adjacent to an activating group) is 1. The van der Waals surface area contributed by atoms with E-state index in [1.54, 1.807) is 5.56 Å². The highest BCUT2D eigenvalue weighted by Crippen LogP contribution is 2.36. The van der Waals surface area contributed by atoms with Crippen LogP contribution in [-0.4, -0.2) is 30.6 Å². The SMILES string of the molecule is CCNC1c2ccccc2CC1N1CC(C)CC(C)C1. The Morgan fingerprint density at radius 2 is 1.85 bits per heavy atom. The molecule has 4 unspecified atom stereocenters. The maximum atomic E-state index is 3.74. The smallest absolute Gasteiger partial charge is 0.0484 e. The van der Waals surface area contributed by atoms with E-state index in [-0.39, 0.29) is 0 Å². The zero-order valence-electron chi connectivity index (χ0n) is 13.1. The Balaban J connectivity index is 1.83. The summed E-state index contributed by atoms with van der Waals surface area (Å²) in [7, 11) is 0. The quantitative estimate of drug-likeness (QED) is 0.909. The van der Waals surface area contributed by atoms with E-state index in [2.05, 4.69) is 55.3 Å². The summed E-state index contributed by atoms with van der Waals surface area (Å²) >= 11 is 0. The molecular weight excluding hydrogens is 244 g/mol. The predicted octanol–water partition coefficient (Wildman–Crippen LogP) is 3.24. The van der Waals surface area contributed by atoms with Gasteiger partial charge in [-0.05, 0) is 42.3 Å². The van der Waals surface area contributed by atoms with Gasteiger partial charge < -0.3 is 5.32 Å². The molecule has 1 aromatic carbocycles. The molecule has 2 nitrogen and oxygen atoms in total. The van der Waals surface area contributed by atoms with Crippen LogP contribution in [0.4, 0.5) is 0 Å². The van der Waals surface area contributed by atoms with Crippen molar-refractivity contribution in [2.75, 3.05) is 19.6 Å². The van der Waals surface area contributed by atoms with Gasteiger partial charge in [0.05, 0.1) is 0 Å². The molecule has 0 saturated carbocycles. The van der Waals surface area contributed by atoms with Crippen LogP contribution in [0.25, 0.3) is 0 Å². The van der Waals surface area contributed by atoms with Gasteiger partial charge in [0, 0.05) is 25.2 Å². The summed E-state index contributed by atoms with van der Waals surface area (Å²) in [5.74, 6) is 1.68. The van der Waals surface area contributed by atoms with Crippen molar-refractivity contribution in [3.05, 3.63) is 35.4 Å². The second-order valence-electron chi connectivity index (χ2n) is 6.91. The summed E-state index contributed by atoms with van der Waals surface area (Å²) in [6, 6.07) is 10.2. The zero-order chi connectivity index (χ0) is 14.1. The number of nitrogens with one attached hydrogen (secondary N) is 1. The Bertz CT molecular complexity index is 446. The van der Waals surface area contributed by atoms with Gasteiger partial charge in [0.1, 0.15) is 0 Å². The lowest BCUT2D eigenvalue weighted by Crippen LogP contribution is -2.49. The molecule has 20 heavy (non-hydrogen) atoms. The Morgan fingerprint density at radius 3 is 2.55 bits per heavy atom. The van der Waals surface area contributed by atoms with Crippen molar-refractivity contribution in [2.24, 2.45) is 11.8 Å². The normalized spacial score (nSPS) is 34.1. The number of benzene rings is 1. The molecule has 3 rings (SSSR count). The van der Waals surface area contributed by atoms with Crippen molar-refractivity contribution in [3.8, 4) is 0 Å². The predicted molar refractivity (Wildman–Crippen MR) is 84.9 cm³/mol. The number of nitrogens with zero attached hydrogens (tertiary/aromatic N) is 1. The minimum atomic E-state index is 0.522. The Labute approximate surface area is 123 Å². The third-order valence-electron chi connectivity index (χ3n) is 4.99. The van der Waals surface area contributed by atoms with E-state index < -0.39 is 0 Å². The van der Waals surface area contributed by atoms with Crippen molar-refractivity contribution >= 4 is 0 Å². The Hall–Kier alpha value is -0.860. The van der Waals surface area contributed by atoms with E-state index in [1.807, 2.05) is 0 Å². The molecule has 1 aliphatic carbocycles. The third kappa shape index (κ3) is 2.64. The van der Waals surface area contributed by atoms with Crippen molar-refractivity contribution < 1.29 is 0 Å². The Kier molecular flexibility index (Phi) is 4.13. The first-order valence-electron chi connectivity index (χ1n) is 8.24. The number of likely N-dealkylation sites (tertiary alicyclic amines) is 1. The Morgan fingerprint density at radius 1 is 1.15 bits per heavy atom. The maximum absolute atomic E-state index is 3.74. The molecule has 0 aromatic heterocycles. The van der Waals surface area contributed by atoms with Crippen LogP contribution >= 0.6 is 0 Å². The van der Waals surface area contributed by atoms with Crippen molar-refractivity contribution in [1.82, 2.24) is 10.2 Å². The van der Waals surface area contributed by atoms with Crippen molar-refractivity contribution in [3.63, 3.8) is 0 Å². The highest BCUT2D eigenvalue weighted by atomic mass is 15.2. The first-order chi connectivity index (χ1) is 9.69. The van der Waals surface area contributed by atoms with E-state index in [0.717, 1.165) is 18.4 Å². The van der Waals surface area contributed by atoms with Gasteiger partial charge >= 0.3 is 0 Å². The van der Waals surface area contributed by atoms with E-state index in [9.17, 15) is 0 Å². The van der Waals surface area contributed by atoms with Gasteiger partial charge in [0.25, 0.3) is 0 Å². The fourth-order valence-corrected chi connectivity index (χ4v) is 4.36. The largest absolute Gasteiger partial charge is 0.309 e. The van der Waals surface area contributed by atoms with Crippen LogP contribution in [0.2, 0.25) is 0 Å². The fraction of sp³-hybridized carbons (Fsp3) is 0.667. The third-order valence-corrected chi connectivity index (χ3v) is 4.99. The van der Waals surface area contributed by atoms with Gasteiger partial charge in [-0.25, -0.2) is 0 Å². The molecule has 0 amide bonds. The second kappa shape index (κ2) is 5.87. The number of fused-ring (bicyclic) bond motifs is 1. The van der Waals surface area contributed by atoms with E-state index in [1.165, 1.54) is 31.5 Å². The summed E-state index contributed by atoms with van der Waals surface area (Å²) in [6.07, 6.45) is 2.61. The van der Waals surface area contributed by atoms with Gasteiger partial charge in [0.15, 0.2) is 0 Å². The number of rotatable bonds is 3. The van der Waals surface area contributed by atoms with E-state index >= 15 is 0 Å². The molecule has 1 saturated heterocycles. The molecule has 1 aliphatic heterocycles. The van der Waals surface area contributed by atoms with Crippen LogP contribution in [0, 0.1) is 11.8 Å². The van der Waals surface area contributed by atoms with Crippen LogP contribution in [0.3, 0.4) is 0 Å². The average Bonchev–Trinajstić information content (AvgIpc) is 2.77. The first kappa shape index (κ1) is 14.1. The molecule has 0 spiro atoms. The summed E-state index contributed by atoms with van der Waals surface area (Å²) in [5.41, 5.74) is 3.08. The number of piperidine rings is 1. The molecule has 1 fully saturated rings. The fourth-order valence-electron chi connectivity index (χ4n) is 4.36.